The summed E-state index contributed by atoms with van der Waals surface area (Å²) in [6.45, 7) is 3.36. The van der Waals surface area contributed by atoms with Gasteiger partial charge in [0.25, 0.3) is 5.91 Å². The van der Waals surface area contributed by atoms with Gasteiger partial charge in [0.1, 0.15) is 0 Å². The fraction of sp³-hybridized carbons (Fsp3) is 0.400. The van der Waals surface area contributed by atoms with Crippen molar-refractivity contribution in [3.8, 4) is 11.5 Å². The van der Waals surface area contributed by atoms with Crippen LogP contribution in [-0.2, 0) is 0 Å². The maximum Gasteiger partial charge on any atom is 0.251 e. The summed E-state index contributed by atoms with van der Waals surface area (Å²) in [4.78, 5) is 14.1. The normalized spacial score (nSPS) is 10.9. The van der Waals surface area contributed by atoms with Crippen LogP contribution in [-0.4, -0.2) is 48.2 Å². The molecule has 0 aliphatic heterocycles. The van der Waals surface area contributed by atoms with Gasteiger partial charge in [-0.25, -0.2) is 0 Å². The van der Waals surface area contributed by atoms with E-state index in [1.807, 2.05) is 26.2 Å². The first-order chi connectivity index (χ1) is 10.1. The standard InChI is InChI=1S/C15H20N4O2/c1-11-17-18-15(21-11)13-7-5-12(6-8-13)14(20)16-9-4-10-19(2)3/h5-8H,4,9-10H2,1-3H3,(H,16,20). The van der Waals surface area contributed by atoms with Crippen molar-refractivity contribution < 1.29 is 9.21 Å². The van der Waals surface area contributed by atoms with Gasteiger partial charge >= 0.3 is 0 Å². The van der Waals surface area contributed by atoms with E-state index in [0.717, 1.165) is 18.5 Å². The van der Waals surface area contributed by atoms with Gasteiger partial charge in [-0.05, 0) is 51.3 Å². The molecule has 6 nitrogen and oxygen atoms in total. The number of carbonyl (C=O) groups excluding carboxylic acids is 1. The lowest BCUT2D eigenvalue weighted by atomic mass is 10.1. The lowest BCUT2D eigenvalue weighted by Crippen LogP contribution is -2.27. The van der Waals surface area contributed by atoms with Crippen LogP contribution in [0, 0.1) is 6.92 Å². The number of nitrogens with zero attached hydrogens (tertiary/aromatic N) is 3. The quantitative estimate of drug-likeness (QED) is 0.820. The van der Waals surface area contributed by atoms with E-state index in [4.69, 9.17) is 4.42 Å². The van der Waals surface area contributed by atoms with E-state index in [-0.39, 0.29) is 5.91 Å². The number of hydrogen-bond donors (Lipinski definition) is 1. The molecule has 1 amide bonds. The second-order valence-electron chi connectivity index (χ2n) is 5.12. The van der Waals surface area contributed by atoms with Crippen LogP contribution >= 0.6 is 0 Å². The van der Waals surface area contributed by atoms with Crippen molar-refractivity contribution >= 4 is 5.91 Å². The van der Waals surface area contributed by atoms with Gasteiger partial charge in [-0.2, -0.15) is 0 Å². The molecule has 1 aromatic heterocycles. The van der Waals surface area contributed by atoms with Crippen LogP contribution in [0.5, 0.6) is 0 Å². The fourth-order valence-corrected chi connectivity index (χ4v) is 1.88. The molecule has 0 aliphatic rings. The van der Waals surface area contributed by atoms with Crippen molar-refractivity contribution in [1.29, 1.82) is 0 Å². The van der Waals surface area contributed by atoms with Crippen molar-refractivity contribution in [2.75, 3.05) is 27.2 Å². The largest absolute Gasteiger partial charge is 0.421 e. The van der Waals surface area contributed by atoms with E-state index < -0.39 is 0 Å². The fourth-order valence-electron chi connectivity index (χ4n) is 1.88. The molecule has 1 N–H and O–H groups in total. The Bertz CT molecular complexity index is 590. The molecule has 0 spiro atoms. The summed E-state index contributed by atoms with van der Waals surface area (Å²) < 4.78 is 5.34. The number of amides is 1. The zero-order chi connectivity index (χ0) is 15.2. The molecule has 0 bridgehead atoms. The molecule has 0 unspecified atom stereocenters. The van der Waals surface area contributed by atoms with Crippen molar-refractivity contribution in [2.45, 2.75) is 13.3 Å². The Labute approximate surface area is 124 Å². The highest BCUT2D eigenvalue weighted by Crippen LogP contribution is 2.17. The number of aromatic nitrogens is 2. The molecule has 0 fully saturated rings. The van der Waals surface area contributed by atoms with Gasteiger partial charge in [-0.15, -0.1) is 10.2 Å². The predicted octanol–water partition coefficient (Wildman–Crippen LogP) is 1.73. The SMILES string of the molecule is Cc1nnc(-c2ccc(C(=O)NCCCN(C)C)cc2)o1. The van der Waals surface area contributed by atoms with Gasteiger partial charge in [0.15, 0.2) is 0 Å². The highest BCUT2D eigenvalue weighted by Gasteiger charge is 2.08. The highest BCUT2D eigenvalue weighted by molar-refractivity contribution is 5.94. The topological polar surface area (TPSA) is 71.3 Å². The summed E-state index contributed by atoms with van der Waals surface area (Å²) in [7, 11) is 4.03. The van der Waals surface area contributed by atoms with Crippen LogP contribution in [0.25, 0.3) is 11.5 Å². The Morgan fingerprint density at radius 2 is 1.95 bits per heavy atom. The van der Waals surface area contributed by atoms with Crippen LogP contribution in [0.15, 0.2) is 28.7 Å². The summed E-state index contributed by atoms with van der Waals surface area (Å²) in [6, 6.07) is 7.13. The third-order valence-corrected chi connectivity index (χ3v) is 2.99. The first-order valence-corrected chi connectivity index (χ1v) is 6.90. The number of aryl methyl sites for hydroxylation is 1. The zero-order valence-electron chi connectivity index (χ0n) is 12.6. The van der Waals surface area contributed by atoms with Gasteiger partial charge in [-0.1, -0.05) is 0 Å². The van der Waals surface area contributed by atoms with Gasteiger partial charge < -0.3 is 14.6 Å². The number of nitrogens with one attached hydrogen (secondary N) is 1. The molecule has 2 aromatic rings. The molecule has 0 atom stereocenters. The molecule has 112 valence electrons. The van der Waals surface area contributed by atoms with Gasteiger partial charge in [0.2, 0.25) is 11.8 Å². The molecule has 1 heterocycles. The van der Waals surface area contributed by atoms with Gasteiger partial charge in [0, 0.05) is 24.6 Å². The number of hydrogen-bond acceptors (Lipinski definition) is 5. The third-order valence-electron chi connectivity index (χ3n) is 2.99. The van der Waals surface area contributed by atoms with Crippen molar-refractivity contribution in [3.05, 3.63) is 35.7 Å². The summed E-state index contributed by atoms with van der Waals surface area (Å²) >= 11 is 0. The Kier molecular flexibility index (Phi) is 5.05. The molecule has 0 saturated carbocycles. The maximum absolute atomic E-state index is 12.0. The molecular formula is C15H20N4O2. The van der Waals surface area contributed by atoms with Crippen molar-refractivity contribution in [2.24, 2.45) is 0 Å². The Hall–Kier alpha value is -2.21. The van der Waals surface area contributed by atoms with Crippen LogP contribution < -0.4 is 5.32 Å². The van der Waals surface area contributed by atoms with Crippen LogP contribution in [0.1, 0.15) is 22.7 Å². The van der Waals surface area contributed by atoms with Crippen LogP contribution in [0.3, 0.4) is 0 Å². The minimum absolute atomic E-state index is 0.0676. The maximum atomic E-state index is 12.0. The molecule has 0 radical (unpaired) electrons. The molecule has 0 aliphatic carbocycles. The zero-order valence-corrected chi connectivity index (χ0v) is 12.6. The predicted molar refractivity (Wildman–Crippen MR) is 80.0 cm³/mol. The van der Waals surface area contributed by atoms with E-state index in [2.05, 4.69) is 20.4 Å². The van der Waals surface area contributed by atoms with Gasteiger partial charge in [0.05, 0.1) is 0 Å². The van der Waals surface area contributed by atoms with Crippen molar-refractivity contribution in [1.82, 2.24) is 20.4 Å². The molecule has 2 rings (SSSR count). The molecule has 6 heteroatoms. The van der Waals surface area contributed by atoms with E-state index >= 15 is 0 Å². The average Bonchev–Trinajstić information content (AvgIpc) is 2.90. The van der Waals surface area contributed by atoms with E-state index in [1.54, 1.807) is 19.1 Å². The smallest absolute Gasteiger partial charge is 0.251 e. The second kappa shape index (κ2) is 6.99. The highest BCUT2D eigenvalue weighted by atomic mass is 16.4. The van der Waals surface area contributed by atoms with Crippen molar-refractivity contribution in [3.63, 3.8) is 0 Å². The second-order valence-corrected chi connectivity index (χ2v) is 5.12. The lowest BCUT2D eigenvalue weighted by molar-refractivity contribution is 0.0952. The molecule has 21 heavy (non-hydrogen) atoms. The summed E-state index contributed by atoms with van der Waals surface area (Å²) in [5, 5.41) is 10.6. The Morgan fingerprint density at radius 1 is 1.24 bits per heavy atom. The minimum atomic E-state index is -0.0676. The first-order valence-electron chi connectivity index (χ1n) is 6.90. The summed E-state index contributed by atoms with van der Waals surface area (Å²) in [5.74, 6) is 0.917. The Morgan fingerprint density at radius 3 is 2.52 bits per heavy atom. The molecule has 0 saturated heterocycles. The average molecular weight is 288 g/mol. The third kappa shape index (κ3) is 4.39. The minimum Gasteiger partial charge on any atom is -0.421 e. The van der Waals surface area contributed by atoms with E-state index in [1.165, 1.54) is 0 Å². The van der Waals surface area contributed by atoms with E-state index in [9.17, 15) is 4.79 Å². The molecular weight excluding hydrogens is 268 g/mol. The van der Waals surface area contributed by atoms with E-state index in [0.29, 0.717) is 23.9 Å². The summed E-state index contributed by atoms with van der Waals surface area (Å²) in [5.41, 5.74) is 1.43. The Balaban J connectivity index is 1.91. The molecule has 1 aromatic carbocycles. The van der Waals surface area contributed by atoms with Gasteiger partial charge in [-0.3, -0.25) is 4.79 Å². The summed E-state index contributed by atoms with van der Waals surface area (Å²) in [6.07, 6.45) is 0.929. The lowest BCUT2D eigenvalue weighted by Gasteiger charge is -2.10. The first kappa shape index (κ1) is 15.2. The number of carbonyl (C=O) groups is 1. The number of benzene rings is 1. The monoisotopic (exact) mass is 288 g/mol. The number of rotatable bonds is 6. The van der Waals surface area contributed by atoms with Crippen LogP contribution in [0.2, 0.25) is 0 Å². The van der Waals surface area contributed by atoms with Crippen LogP contribution in [0.4, 0.5) is 0 Å².